The summed E-state index contributed by atoms with van der Waals surface area (Å²) in [5, 5.41) is 2.43. The van der Waals surface area contributed by atoms with Gasteiger partial charge in [0.1, 0.15) is 5.75 Å². The highest BCUT2D eigenvalue weighted by Gasteiger charge is 2.58. The van der Waals surface area contributed by atoms with Gasteiger partial charge in [-0.15, -0.1) is 0 Å². The molecule has 1 N–H and O–H groups in total. The van der Waals surface area contributed by atoms with Crippen molar-refractivity contribution in [1.29, 1.82) is 0 Å². The summed E-state index contributed by atoms with van der Waals surface area (Å²) in [6.07, 6.45) is -3.41. The summed E-state index contributed by atoms with van der Waals surface area (Å²) in [7, 11) is 1.49. The van der Waals surface area contributed by atoms with E-state index < -0.39 is 23.5 Å². The van der Waals surface area contributed by atoms with E-state index in [1.807, 2.05) is 0 Å². The Balaban J connectivity index is 1.91. The molecule has 1 unspecified atom stereocenters. The molecule has 0 fully saturated rings. The summed E-state index contributed by atoms with van der Waals surface area (Å²) in [5.74, 6) is -1.26. The van der Waals surface area contributed by atoms with Crippen molar-refractivity contribution < 1.29 is 23.1 Å². The first kappa shape index (κ1) is 16.1. The van der Waals surface area contributed by atoms with Crippen LogP contribution in [0.5, 0.6) is 5.75 Å². The second kappa shape index (κ2) is 6.03. The van der Waals surface area contributed by atoms with Crippen molar-refractivity contribution in [2.24, 2.45) is 5.41 Å². The molecule has 0 bridgehead atoms. The number of ether oxygens (including phenoxy) is 1. The normalized spacial score (nSPS) is 19.2. The lowest BCUT2D eigenvalue weighted by atomic mass is 9.83. The average Bonchev–Trinajstić information content (AvgIpc) is 2.90. The van der Waals surface area contributed by atoms with E-state index in [-0.39, 0.29) is 12.0 Å². The SMILES string of the molecule is COc1ccc(NC(=O)C2(C(F)F)Cc3ccccc3C2=O)cc1. The minimum absolute atomic E-state index is 0.183. The zero-order chi connectivity index (χ0) is 17.3. The van der Waals surface area contributed by atoms with E-state index in [0.29, 0.717) is 17.0 Å². The first-order valence-corrected chi connectivity index (χ1v) is 7.35. The third-order valence-corrected chi connectivity index (χ3v) is 4.26. The van der Waals surface area contributed by atoms with Gasteiger partial charge in [0, 0.05) is 17.7 Å². The number of hydrogen-bond donors (Lipinski definition) is 1. The Morgan fingerprint density at radius 2 is 1.83 bits per heavy atom. The smallest absolute Gasteiger partial charge is 0.260 e. The van der Waals surface area contributed by atoms with Gasteiger partial charge in [-0.2, -0.15) is 0 Å². The maximum Gasteiger partial charge on any atom is 0.260 e. The lowest BCUT2D eigenvalue weighted by molar-refractivity contribution is -0.130. The number of hydrogen-bond acceptors (Lipinski definition) is 3. The highest BCUT2D eigenvalue weighted by molar-refractivity contribution is 6.20. The van der Waals surface area contributed by atoms with Crippen molar-refractivity contribution >= 4 is 17.4 Å². The van der Waals surface area contributed by atoms with Gasteiger partial charge < -0.3 is 10.1 Å². The van der Waals surface area contributed by atoms with Crippen LogP contribution in [0.1, 0.15) is 15.9 Å². The molecule has 4 nitrogen and oxygen atoms in total. The minimum Gasteiger partial charge on any atom is -0.497 e. The van der Waals surface area contributed by atoms with E-state index in [2.05, 4.69) is 5.32 Å². The number of rotatable bonds is 4. The van der Waals surface area contributed by atoms with E-state index in [9.17, 15) is 18.4 Å². The molecule has 3 rings (SSSR count). The summed E-state index contributed by atoms with van der Waals surface area (Å²) in [4.78, 5) is 25.1. The van der Waals surface area contributed by atoms with Crippen LogP contribution in [-0.4, -0.2) is 25.2 Å². The molecule has 0 aliphatic heterocycles. The number of ketones is 1. The van der Waals surface area contributed by atoms with Crippen LogP contribution >= 0.6 is 0 Å². The van der Waals surface area contributed by atoms with Crippen LogP contribution in [0.2, 0.25) is 0 Å². The number of carbonyl (C=O) groups is 2. The fraction of sp³-hybridized carbons (Fsp3) is 0.222. The molecule has 0 radical (unpaired) electrons. The van der Waals surface area contributed by atoms with Crippen LogP contribution in [0.4, 0.5) is 14.5 Å². The third-order valence-electron chi connectivity index (χ3n) is 4.26. The Morgan fingerprint density at radius 3 is 2.42 bits per heavy atom. The van der Waals surface area contributed by atoms with Gasteiger partial charge in [0.25, 0.3) is 6.43 Å². The molecule has 0 spiro atoms. The van der Waals surface area contributed by atoms with Crippen molar-refractivity contribution in [2.75, 3.05) is 12.4 Å². The van der Waals surface area contributed by atoms with Gasteiger partial charge in [0.2, 0.25) is 5.91 Å². The largest absolute Gasteiger partial charge is 0.497 e. The highest BCUT2D eigenvalue weighted by Crippen LogP contribution is 2.42. The van der Waals surface area contributed by atoms with E-state index in [0.717, 1.165) is 0 Å². The maximum absolute atomic E-state index is 13.8. The first-order chi connectivity index (χ1) is 11.5. The van der Waals surface area contributed by atoms with Gasteiger partial charge in [0.05, 0.1) is 7.11 Å². The fourth-order valence-corrected chi connectivity index (χ4v) is 2.89. The fourth-order valence-electron chi connectivity index (χ4n) is 2.89. The van der Waals surface area contributed by atoms with Crippen molar-refractivity contribution in [2.45, 2.75) is 12.8 Å². The summed E-state index contributed by atoms with van der Waals surface area (Å²) in [5.41, 5.74) is -1.41. The second-order valence-corrected chi connectivity index (χ2v) is 5.62. The number of fused-ring (bicyclic) bond motifs is 1. The molecule has 1 amide bonds. The van der Waals surface area contributed by atoms with E-state index in [4.69, 9.17) is 4.74 Å². The lowest BCUT2D eigenvalue weighted by Gasteiger charge is -2.25. The molecule has 0 heterocycles. The standard InChI is InChI=1S/C18H15F2NO3/c1-24-13-8-6-12(7-9-13)21-17(23)18(16(19)20)10-11-4-2-3-5-14(11)15(18)22/h2-9,16H,10H2,1H3,(H,21,23). The number of anilines is 1. The molecule has 0 saturated heterocycles. The molecule has 0 saturated carbocycles. The Hall–Kier alpha value is -2.76. The van der Waals surface area contributed by atoms with Gasteiger partial charge in [0.15, 0.2) is 11.2 Å². The quantitative estimate of drug-likeness (QED) is 0.875. The second-order valence-electron chi connectivity index (χ2n) is 5.62. The molecular formula is C18H15F2NO3. The van der Waals surface area contributed by atoms with E-state index >= 15 is 0 Å². The number of alkyl halides is 2. The van der Waals surface area contributed by atoms with Crippen LogP contribution in [0.25, 0.3) is 0 Å². The van der Waals surface area contributed by atoms with Crippen molar-refractivity contribution in [3.05, 3.63) is 59.7 Å². The molecular weight excluding hydrogens is 316 g/mol. The van der Waals surface area contributed by atoms with Gasteiger partial charge in [-0.3, -0.25) is 9.59 Å². The summed E-state index contributed by atoms with van der Waals surface area (Å²) in [6, 6.07) is 12.6. The Morgan fingerprint density at radius 1 is 1.17 bits per heavy atom. The Kier molecular flexibility index (Phi) is 4.05. The number of amides is 1. The molecule has 6 heteroatoms. The number of methoxy groups -OCH3 is 1. The molecule has 24 heavy (non-hydrogen) atoms. The van der Waals surface area contributed by atoms with Gasteiger partial charge >= 0.3 is 0 Å². The minimum atomic E-state index is -3.10. The van der Waals surface area contributed by atoms with Crippen molar-refractivity contribution in [3.8, 4) is 5.75 Å². The number of Topliss-reactive ketones (excluding diaryl/α,β-unsaturated/α-hetero) is 1. The summed E-state index contributed by atoms with van der Waals surface area (Å²) in [6.45, 7) is 0. The predicted molar refractivity (Wildman–Crippen MR) is 84.5 cm³/mol. The van der Waals surface area contributed by atoms with Crippen LogP contribution in [-0.2, 0) is 11.2 Å². The highest BCUT2D eigenvalue weighted by atomic mass is 19.3. The molecule has 1 aliphatic rings. The molecule has 124 valence electrons. The zero-order valence-corrected chi connectivity index (χ0v) is 12.9. The predicted octanol–water partition coefficient (Wildman–Crippen LogP) is 3.32. The summed E-state index contributed by atoms with van der Waals surface area (Å²) < 4.78 is 32.6. The zero-order valence-electron chi connectivity index (χ0n) is 12.9. The van der Waals surface area contributed by atoms with Gasteiger partial charge in [-0.05, 0) is 29.8 Å². The van der Waals surface area contributed by atoms with Gasteiger partial charge in [-0.1, -0.05) is 24.3 Å². The molecule has 2 aromatic rings. The van der Waals surface area contributed by atoms with Crippen LogP contribution in [0.15, 0.2) is 48.5 Å². The number of nitrogens with one attached hydrogen (secondary N) is 1. The average molecular weight is 331 g/mol. The van der Waals surface area contributed by atoms with E-state index in [1.54, 1.807) is 30.3 Å². The number of carbonyl (C=O) groups excluding carboxylic acids is 2. The molecule has 2 aromatic carbocycles. The molecule has 0 aromatic heterocycles. The number of benzene rings is 2. The summed E-state index contributed by atoms with van der Waals surface area (Å²) >= 11 is 0. The van der Waals surface area contributed by atoms with E-state index in [1.165, 1.54) is 25.3 Å². The Bertz CT molecular complexity index is 789. The van der Waals surface area contributed by atoms with Crippen LogP contribution in [0.3, 0.4) is 0 Å². The maximum atomic E-state index is 13.8. The van der Waals surface area contributed by atoms with Crippen LogP contribution < -0.4 is 10.1 Å². The molecule has 1 aliphatic carbocycles. The Labute approximate surface area is 137 Å². The van der Waals surface area contributed by atoms with Gasteiger partial charge in [-0.25, -0.2) is 8.78 Å². The van der Waals surface area contributed by atoms with Crippen molar-refractivity contribution in [1.82, 2.24) is 0 Å². The lowest BCUT2D eigenvalue weighted by Crippen LogP contribution is -2.47. The molecule has 1 atom stereocenters. The van der Waals surface area contributed by atoms with Crippen molar-refractivity contribution in [3.63, 3.8) is 0 Å². The third kappa shape index (κ3) is 2.44. The van der Waals surface area contributed by atoms with Crippen LogP contribution in [0, 0.1) is 5.41 Å². The number of halogens is 2. The first-order valence-electron chi connectivity index (χ1n) is 7.35. The topological polar surface area (TPSA) is 55.4 Å². The monoisotopic (exact) mass is 331 g/mol.